The van der Waals surface area contributed by atoms with Crippen LogP contribution in [0.5, 0.6) is 0 Å². The molecule has 3 rings (SSSR count). The lowest BCUT2D eigenvalue weighted by atomic mass is 9.87. The van der Waals surface area contributed by atoms with E-state index in [9.17, 15) is 9.59 Å². The highest BCUT2D eigenvalue weighted by Crippen LogP contribution is 2.26. The van der Waals surface area contributed by atoms with Gasteiger partial charge < -0.3 is 5.32 Å². The summed E-state index contributed by atoms with van der Waals surface area (Å²) in [5.41, 5.74) is 3.29. The Morgan fingerprint density at radius 3 is 2.12 bits per heavy atom. The molecular weight excluding hydrogens is 404 g/mol. The largest absolute Gasteiger partial charge is 0.324 e. The Balaban J connectivity index is 1.91. The second kappa shape index (κ2) is 8.26. The molecule has 3 aromatic rings. The van der Waals surface area contributed by atoms with Crippen molar-refractivity contribution < 1.29 is 4.79 Å². The van der Waals surface area contributed by atoms with Gasteiger partial charge in [-0.05, 0) is 37.0 Å². The lowest BCUT2D eigenvalue weighted by Crippen LogP contribution is -2.23. The first-order valence-corrected chi connectivity index (χ1v) is 10.6. The number of carbonyl (C=O) groups excluding carboxylic acids is 1. The maximum absolute atomic E-state index is 12.7. The fraction of sp³-hybridized carbons (Fsp3) is 0.417. The van der Waals surface area contributed by atoms with Crippen LogP contribution in [0.25, 0.3) is 5.95 Å². The highest BCUT2D eigenvalue weighted by atomic mass is 16.2. The van der Waals surface area contributed by atoms with E-state index >= 15 is 0 Å². The molecule has 8 nitrogen and oxygen atoms in total. The smallest absolute Gasteiger partial charge is 0.308 e. The van der Waals surface area contributed by atoms with Crippen LogP contribution >= 0.6 is 0 Å². The number of nitrogens with zero attached hydrogens (tertiary/aromatic N) is 3. The molecule has 0 atom stereocenters. The number of aryl methyl sites for hydroxylation is 1. The fourth-order valence-electron chi connectivity index (χ4n) is 3.06. The maximum atomic E-state index is 12.7. The number of nitrogens with one attached hydrogen (secondary N) is 3. The molecule has 2 aromatic heterocycles. The Labute approximate surface area is 188 Å². The summed E-state index contributed by atoms with van der Waals surface area (Å²) >= 11 is 0. The number of hydrogen-bond donors (Lipinski definition) is 3. The molecule has 0 aliphatic carbocycles. The van der Waals surface area contributed by atoms with Crippen molar-refractivity contribution in [2.45, 2.75) is 66.2 Å². The molecule has 1 aromatic carbocycles. The van der Waals surface area contributed by atoms with Crippen molar-refractivity contribution in [1.82, 2.24) is 19.7 Å². The van der Waals surface area contributed by atoms with Crippen LogP contribution < -0.4 is 16.2 Å². The van der Waals surface area contributed by atoms with E-state index in [1.807, 2.05) is 45.0 Å². The zero-order valence-electron chi connectivity index (χ0n) is 20.0. The molecule has 0 aliphatic rings. The van der Waals surface area contributed by atoms with Crippen LogP contribution in [-0.4, -0.2) is 25.8 Å². The summed E-state index contributed by atoms with van der Waals surface area (Å²) in [6.45, 7) is 16.0. The van der Waals surface area contributed by atoms with Crippen molar-refractivity contribution in [2.24, 2.45) is 0 Å². The van der Waals surface area contributed by atoms with Gasteiger partial charge in [-0.3, -0.25) is 15.1 Å². The van der Waals surface area contributed by atoms with Crippen molar-refractivity contribution in [2.75, 3.05) is 10.6 Å². The van der Waals surface area contributed by atoms with Gasteiger partial charge in [0.15, 0.2) is 0 Å². The first-order chi connectivity index (χ1) is 14.8. The first kappa shape index (κ1) is 23.2. The topological polar surface area (TPSA) is 105 Å². The average Bonchev–Trinajstić information content (AvgIpc) is 3.09. The zero-order valence-corrected chi connectivity index (χ0v) is 20.0. The Morgan fingerprint density at radius 1 is 0.969 bits per heavy atom. The molecule has 0 fully saturated rings. The molecule has 3 N–H and O–H groups in total. The van der Waals surface area contributed by atoms with Gasteiger partial charge in [0.05, 0.1) is 5.69 Å². The third-order valence-corrected chi connectivity index (χ3v) is 5.31. The molecular formula is C24H32N6O2. The van der Waals surface area contributed by atoms with Crippen molar-refractivity contribution >= 4 is 17.5 Å². The number of rotatable bonds is 3. The van der Waals surface area contributed by atoms with Crippen molar-refractivity contribution in [3.63, 3.8) is 0 Å². The molecule has 0 aliphatic heterocycles. The molecule has 0 bridgehead atoms. The lowest BCUT2D eigenvalue weighted by molar-refractivity contribution is 0.262. The van der Waals surface area contributed by atoms with Gasteiger partial charge in [-0.2, -0.15) is 9.78 Å². The predicted octanol–water partition coefficient (Wildman–Crippen LogP) is 4.81. The van der Waals surface area contributed by atoms with Crippen LogP contribution in [0.1, 0.15) is 64.1 Å². The number of aromatic nitrogens is 4. The molecule has 0 radical (unpaired) electrons. The van der Waals surface area contributed by atoms with Gasteiger partial charge >= 0.3 is 6.03 Å². The highest BCUT2D eigenvalue weighted by Gasteiger charge is 2.23. The summed E-state index contributed by atoms with van der Waals surface area (Å²) in [5.74, 6) is 0.656. The van der Waals surface area contributed by atoms with E-state index < -0.39 is 6.03 Å². The van der Waals surface area contributed by atoms with Crippen LogP contribution in [0.3, 0.4) is 0 Å². The van der Waals surface area contributed by atoms with E-state index in [4.69, 9.17) is 0 Å². The van der Waals surface area contributed by atoms with Crippen LogP contribution in [0.4, 0.5) is 16.3 Å². The first-order valence-electron chi connectivity index (χ1n) is 10.6. The third kappa shape index (κ3) is 5.07. The lowest BCUT2D eigenvalue weighted by Gasteiger charge is -2.19. The van der Waals surface area contributed by atoms with Gasteiger partial charge in [0, 0.05) is 28.4 Å². The number of hydrogen-bond acceptors (Lipinski definition) is 4. The van der Waals surface area contributed by atoms with Crippen LogP contribution in [0, 0.1) is 13.8 Å². The monoisotopic (exact) mass is 436 g/mol. The molecule has 0 spiro atoms. The minimum absolute atomic E-state index is 0.0345. The van der Waals surface area contributed by atoms with Crippen molar-refractivity contribution in [3.8, 4) is 5.95 Å². The number of amides is 2. The average molecular weight is 437 g/mol. The zero-order chi connectivity index (χ0) is 23.8. The minimum atomic E-state index is -0.415. The van der Waals surface area contributed by atoms with E-state index in [1.165, 1.54) is 10.2 Å². The van der Waals surface area contributed by atoms with Crippen molar-refractivity contribution in [3.05, 3.63) is 63.2 Å². The Bertz CT molecular complexity index is 1190. The predicted molar refractivity (Wildman–Crippen MR) is 128 cm³/mol. The number of carbonyl (C=O) groups is 1. The van der Waals surface area contributed by atoms with Crippen LogP contribution in [-0.2, 0) is 10.8 Å². The molecule has 8 heteroatoms. The number of urea groups is 1. The summed E-state index contributed by atoms with van der Waals surface area (Å²) in [6, 6.07) is 9.13. The molecule has 0 saturated heterocycles. The Kier molecular flexibility index (Phi) is 6.00. The molecule has 0 unspecified atom stereocenters. The number of H-pyrrole nitrogens is 1. The van der Waals surface area contributed by atoms with Crippen LogP contribution in [0.2, 0.25) is 0 Å². The van der Waals surface area contributed by atoms with E-state index in [1.54, 1.807) is 19.9 Å². The van der Waals surface area contributed by atoms with Crippen molar-refractivity contribution in [1.29, 1.82) is 0 Å². The standard InChI is InChI=1S/C24H32N6O2/c1-14-15(2)25-21(28-20(14)31)30-19(13-18(29-30)24(6,7)8)27-22(32)26-17-11-9-16(10-12-17)23(3,4)5/h9-13H,1-8H3,(H,25,28,31)(H2,26,27,32). The second-order valence-corrected chi connectivity index (χ2v) is 10.1. The summed E-state index contributed by atoms with van der Waals surface area (Å²) in [5, 5.41) is 10.3. The summed E-state index contributed by atoms with van der Waals surface area (Å²) < 4.78 is 1.46. The fourth-order valence-corrected chi connectivity index (χ4v) is 3.06. The number of anilines is 2. The molecule has 32 heavy (non-hydrogen) atoms. The quantitative estimate of drug-likeness (QED) is 0.548. The molecule has 2 heterocycles. The van der Waals surface area contributed by atoms with Gasteiger partial charge in [-0.25, -0.2) is 9.78 Å². The van der Waals surface area contributed by atoms with Gasteiger partial charge in [0.1, 0.15) is 5.82 Å². The molecule has 0 saturated carbocycles. The second-order valence-electron chi connectivity index (χ2n) is 10.1. The summed E-state index contributed by atoms with van der Waals surface area (Å²) in [7, 11) is 0. The Morgan fingerprint density at radius 2 is 1.59 bits per heavy atom. The molecule has 170 valence electrons. The van der Waals surface area contributed by atoms with Gasteiger partial charge in [0.25, 0.3) is 5.56 Å². The molecule has 2 amide bonds. The van der Waals surface area contributed by atoms with E-state index in [0.29, 0.717) is 22.8 Å². The normalized spacial score (nSPS) is 12.0. The summed E-state index contributed by atoms with van der Waals surface area (Å²) in [6.07, 6.45) is 0. The van der Waals surface area contributed by atoms with Gasteiger partial charge in [-0.15, -0.1) is 0 Å². The minimum Gasteiger partial charge on any atom is -0.308 e. The highest BCUT2D eigenvalue weighted by molar-refractivity contribution is 5.99. The maximum Gasteiger partial charge on any atom is 0.324 e. The van der Waals surface area contributed by atoms with E-state index in [-0.39, 0.29) is 22.3 Å². The van der Waals surface area contributed by atoms with Crippen LogP contribution in [0.15, 0.2) is 35.1 Å². The number of benzene rings is 1. The van der Waals surface area contributed by atoms with Gasteiger partial charge in [0.2, 0.25) is 5.95 Å². The van der Waals surface area contributed by atoms with E-state index in [2.05, 4.69) is 46.5 Å². The van der Waals surface area contributed by atoms with Gasteiger partial charge in [-0.1, -0.05) is 53.7 Å². The summed E-state index contributed by atoms with van der Waals surface area (Å²) in [4.78, 5) is 32.2. The Hall–Kier alpha value is -3.42. The number of aromatic amines is 1. The van der Waals surface area contributed by atoms with E-state index in [0.717, 1.165) is 5.69 Å². The third-order valence-electron chi connectivity index (χ3n) is 5.31. The SMILES string of the molecule is Cc1nc(-n2nc(C(C)(C)C)cc2NC(=O)Nc2ccc(C(C)(C)C)cc2)[nH]c(=O)c1C.